The summed E-state index contributed by atoms with van der Waals surface area (Å²) in [4.78, 5) is 33.0. The highest BCUT2D eigenvalue weighted by Crippen LogP contribution is 2.34. The summed E-state index contributed by atoms with van der Waals surface area (Å²) in [6, 6.07) is 7.39. The third kappa shape index (κ3) is 6.89. The van der Waals surface area contributed by atoms with Gasteiger partial charge in [0.05, 0.1) is 18.8 Å². The number of rotatable bonds is 9. The number of nitrogens with one attached hydrogen (secondary N) is 1. The summed E-state index contributed by atoms with van der Waals surface area (Å²) in [5.41, 5.74) is 2.83. The summed E-state index contributed by atoms with van der Waals surface area (Å²) < 4.78 is 5.40. The molecule has 4 rings (SSSR count). The van der Waals surface area contributed by atoms with Crippen LogP contribution in [0.2, 0.25) is 5.02 Å². The van der Waals surface area contributed by atoms with E-state index >= 15 is 0 Å². The predicted octanol–water partition coefficient (Wildman–Crippen LogP) is 3.83. The van der Waals surface area contributed by atoms with Crippen LogP contribution >= 0.6 is 22.9 Å². The topological polar surface area (TPSA) is 61.9 Å². The van der Waals surface area contributed by atoms with Gasteiger partial charge in [-0.05, 0) is 36.2 Å². The maximum atomic E-state index is 13.3. The van der Waals surface area contributed by atoms with E-state index in [1.165, 1.54) is 4.88 Å². The van der Waals surface area contributed by atoms with Crippen molar-refractivity contribution >= 4 is 34.6 Å². The largest absolute Gasteiger partial charge is 0.379 e. The lowest BCUT2D eigenvalue weighted by atomic mass is 9.98. The first-order valence-corrected chi connectivity index (χ1v) is 12.9. The number of hydrogen-bond acceptors (Lipinski definition) is 6. The van der Waals surface area contributed by atoms with Crippen LogP contribution in [0.1, 0.15) is 45.6 Å². The third-order valence-electron chi connectivity index (χ3n) is 6.37. The second-order valence-corrected chi connectivity index (χ2v) is 10.3. The van der Waals surface area contributed by atoms with Gasteiger partial charge in [0.2, 0.25) is 0 Å². The molecule has 2 aromatic rings. The van der Waals surface area contributed by atoms with E-state index in [1.54, 1.807) is 23.5 Å². The number of carbonyl (C=O) groups excluding carboxylic acids is 2. The zero-order chi connectivity index (χ0) is 23.2. The Bertz CT molecular complexity index is 970. The van der Waals surface area contributed by atoms with Crippen LogP contribution in [0.3, 0.4) is 0 Å². The van der Waals surface area contributed by atoms with Gasteiger partial charge >= 0.3 is 0 Å². The maximum Gasteiger partial charge on any atom is 0.252 e. The van der Waals surface area contributed by atoms with Crippen LogP contribution in [0, 0.1) is 0 Å². The average molecular weight is 506 g/mol. The van der Waals surface area contributed by atoms with Crippen molar-refractivity contribution in [2.24, 2.45) is 0 Å². The van der Waals surface area contributed by atoms with Crippen molar-refractivity contribution in [3.05, 3.63) is 55.7 Å². The predicted molar refractivity (Wildman–Crippen MR) is 139 cm³/mol. The van der Waals surface area contributed by atoms with Crippen LogP contribution in [-0.2, 0) is 35.3 Å². The molecule has 3 heterocycles. The number of likely N-dealkylation sites (N-methyl/N-ethyl adjacent to an activating group) is 1. The lowest BCUT2D eigenvalue weighted by Crippen LogP contribution is -2.41. The molecular weight excluding hydrogens is 470 g/mol. The minimum absolute atomic E-state index is 0. The molecule has 6 nitrogen and oxygen atoms in total. The van der Waals surface area contributed by atoms with Crippen molar-refractivity contribution < 1.29 is 14.3 Å². The zero-order valence-electron chi connectivity index (χ0n) is 19.2. The Balaban J connectivity index is 0.00000324. The van der Waals surface area contributed by atoms with Crippen molar-refractivity contribution in [1.29, 1.82) is 0 Å². The lowest BCUT2D eigenvalue weighted by molar-refractivity contribution is -0.117. The number of fused-ring (bicyclic) bond motifs is 1. The highest BCUT2D eigenvalue weighted by atomic mass is 35.5. The number of amides is 1. The van der Waals surface area contributed by atoms with E-state index < -0.39 is 0 Å². The van der Waals surface area contributed by atoms with Crippen molar-refractivity contribution in [1.82, 2.24) is 15.1 Å². The van der Waals surface area contributed by atoms with E-state index in [0.717, 1.165) is 80.5 Å². The summed E-state index contributed by atoms with van der Waals surface area (Å²) in [6.45, 7) is 9.68. The summed E-state index contributed by atoms with van der Waals surface area (Å²) in [6.07, 6.45) is 1.49. The van der Waals surface area contributed by atoms with Gasteiger partial charge in [0.25, 0.3) is 5.91 Å². The molecule has 1 aromatic carbocycles. The Hall–Kier alpha value is -1.77. The number of morpholine rings is 1. The van der Waals surface area contributed by atoms with Gasteiger partial charge in [0.15, 0.2) is 0 Å². The molecular formula is C26H36ClN3O3S. The molecule has 8 heteroatoms. The number of halogens is 1. The molecule has 1 N–H and O–H groups in total. The summed E-state index contributed by atoms with van der Waals surface area (Å²) >= 11 is 7.61. The molecule has 2 aliphatic rings. The number of Topliss-reactive ketones (excluding diaryl/α,β-unsaturated/α-hetero) is 1. The first kappa shape index (κ1) is 26.8. The van der Waals surface area contributed by atoms with Crippen molar-refractivity contribution in [2.45, 2.75) is 40.2 Å². The SMILES string of the molecule is C.CCN1CCc2c(sc(CC(=O)Cc3ccc(Cl)cc3)c2C(=O)NCCN2CCOCC2)C1. The molecule has 0 unspecified atom stereocenters. The lowest BCUT2D eigenvalue weighted by Gasteiger charge is -2.27. The summed E-state index contributed by atoms with van der Waals surface area (Å²) in [5.74, 6) is 0.0747. The van der Waals surface area contributed by atoms with E-state index in [-0.39, 0.29) is 19.1 Å². The number of thiophene rings is 1. The molecule has 0 aliphatic carbocycles. The smallest absolute Gasteiger partial charge is 0.252 e. The Labute approximate surface area is 212 Å². The first-order chi connectivity index (χ1) is 16.0. The number of hydrogen-bond donors (Lipinski definition) is 1. The minimum atomic E-state index is -0.0417. The van der Waals surface area contributed by atoms with Gasteiger partial charge < -0.3 is 10.1 Å². The van der Waals surface area contributed by atoms with Crippen molar-refractivity contribution in [2.75, 3.05) is 52.5 Å². The normalized spacial score (nSPS) is 16.5. The standard InChI is InChI=1S/C25H32ClN3O3S.CH4/c1-2-28-9-7-21-23(17-28)33-22(16-20(30)15-18-3-5-19(26)6-4-18)24(21)25(31)27-8-10-29-11-13-32-14-12-29;/h3-6H,2,7-17H2,1H3,(H,27,31);1H4. The second kappa shape index (κ2) is 12.8. The molecule has 2 aliphatic heterocycles. The Morgan fingerprint density at radius 3 is 2.53 bits per heavy atom. The Morgan fingerprint density at radius 2 is 1.82 bits per heavy atom. The molecule has 0 bridgehead atoms. The van der Waals surface area contributed by atoms with Gasteiger partial charge in [-0.1, -0.05) is 38.1 Å². The van der Waals surface area contributed by atoms with Crippen molar-refractivity contribution in [3.63, 3.8) is 0 Å². The highest BCUT2D eigenvalue weighted by Gasteiger charge is 2.28. The summed E-state index contributed by atoms with van der Waals surface area (Å²) in [5, 5.41) is 3.78. The summed E-state index contributed by atoms with van der Waals surface area (Å²) in [7, 11) is 0. The fourth-order valence-corrected chi connectivity index (χ4v) is 6.03. The van der Waals surface area contributed by atoms with E-state index in [2.05, 4.69) is 22.0 Å². The molecule has 186 valence electrons. The highest BCUT2D eigenvalue weighted by molar-refractivity contribution is 7.12. The van der Waals surface area contributed by atoms with Crippen LogP contribution in [0.4, 0.5) is 0 Å². The van der Waals surface area contributed by atoms with Crippen LogP contribution < -0.4 is 5.32 Å². The molecule has 1 aromatic heterocycles. The van der Waals surface area contributed by atoms with Gasteiger partial charge in [0, 0.05) is 66.9 Å². The maximum absolute atomic E-state index is 13.3. The quantitative estimate of drug-likeness (QED) is 0.561. The first-order valence-electron chi connectivity index (χ1n) is 11.7. The van der Waals surface area contributed by atoms with Crippen LogP contribution in [0.5, 0.6) is 0 Å². The molecule has 1 amide bonds. The molecule has 0 radical (unpaired) electrons. The number of ketones is 1. The van der Waals surface area contributed by atoms with Gasteiger partial charge in [-0.2, -0.15) is 0 Å². The number of nitrogens with zero attached hydrogens (tertiary/aromatic N) is 2. The number of carbonyl (C=O) groups is 2. The molecule has 1 fully saturated rings. The van der Waals surface area contributed by atoms with Gasteiger partial charge in [-0.25, -0.2) is 0 Å². The Kier molecular flexibility index (Phi) is 10.1. The van der Waals surface area contributed by atoms with Crippen LogP contribution in [-0.4, -0.2) is 74.0 Å². The zero-order valence-corrected chi connectivity index (χ0v) is 20.8. The molecule has 0 atom stereocenters. The van der Waals surface area contributed by atoms with E-state index in [0.29, 0.717) is 24.4 Å². The molecule has 0 saturated carbocycles. The Morgan fingerprint density at radius 1 is 1.09 bits per heavy atom. The fraction of sp³-hybridized carbons (Fsp3) is 0.538. The molecule has 1 saturated heterocycles. The third-order valence-corrected chi connectivity index (χ3v) is 7.84. The van der Waals surface area contributed by atoms with Crippen LogP contribution in [0.15, 0.2) is 24.3 Å². The van der Waals surface area contributed by atoms with Crippen LogP contribution in [0.25, 0.3) is 0 Å². The number of benzene rings is 1. The van der Waals surface area contributed by atoms with E-state index in [9.17, 15) is 9.59 Å². The monoisotopic (exact) mass is 505 g/mol. The van der Waals surface area contributed by atoms with E-state index in [1.807, 2.05) is 12.1 Å². The fourth-order valence-electron chi connectivity index (χ4n) is 4.48. The van der Waals surface area contributed by atoms with E-state index in [4.69, 9.17) is 16.3 Å². The second-order valence-electron chi connectivity index (χ2n) is 8.65. The van der Waals surface area contributed by atoms with Gasteiger partial charge in [-0.3, -0.25) is 19.4 Å². The number of ether oxygens (including phenoxy) is 1. The molecule has 34 heavy (non-hydrogen) atoms. The van der Waals surface area contributed by atoms with Crippen molar-refractivity contribution in [3.8, 4) is 0 Å². The van der Waals surface area contributed by atoms with Gasteiger partial charge in [-0.15, -0.1) is 11.3 Å². The minimum Gasteiger partial charge on any atom is -0.379 e. The van der Waals surface area contributed by atoms with Gasteiger partial charge in [0.1, 0.15) is 5.78 Å². The average Bonchev–Trinajstić information content (AvgIpc) is 3.17. The molecule has 0 spiro atoms.